The van der Waals surface area contributed by atoms with E-state index >= 15 is 0 Å². The van der Waals surface area contributed by atoms with Crippen molar-refractivity contribution in [2.75, 3.05) is 13.1 Å². The first-order valence-corrected chi connectivity index (χ1v) is 7.54. The molecule has 0 aromatic rings. The molecule has 0 radical (unpaired) electrons. The maximum atomic E-state index is 12.3. The first kappa shape index (κ1) is 15.6. The minimum absolute atomic E-state index is 0.129. The Morgan fingerprint density at radius 1 is 1.33 bits per heavy atom. The molecule has 21 heavy (non-hydrogen) atoms. The zero-order chi connectivity index (χ0) is 15.4. The molecule has 3 N–H and O–H groups in total. The maximum absolute atomic E-state index is 12.3. The Balaban J connectivity index is 1.95. The molecule has 0 aromatic heterocycles. The summed E-state index contributed by atoms with van der Waals surface area (Å²) in [5.41, 5.74) is 0. The summed E-state index contributed by atoms with van der Waals surface area (Å²) in [4.78, 5) is 36.3. The number of urea groups is 1. The van der Waals surface area contributed by atoms with Crippen LogP contribution in [0.2, 0.25) is 0 Å². The molecule has 0 bridgehead atoms. The second-order valence-corrected chi connectivity index (χ2v) is 6.00. The van der Waals surface area contributed by atoms with E-state index in [1.165, 1.54) is 4.90 Å². The number of nitrogens with one attached hydrogen (secondary N) is 2. The third-order valence-corrected chi connectivity index (χ3v) is 4.30. The van der Waals surface area contributed by atoms with E-state index in [0.717, 1.165) is 25.7 Å². The second kappa shape index (κ2) is 6.78. The number of rotatable bonds is 3. The largest absolute Gasteiger partial charge is 0.481 e. The van der Waals surface area contributed by atoms with Crippen LogP contribution in [0.3, 0.4) is 0 Å². The predicted octanol–water partition coefficient (Wildman–Crippen LogP) is 0.550. The number of piperazine rings is 1. The van der Waals surface area contributed by atoms with Crippen molar-refractivity contribution in [2.24, 2.45) is 5.92 Å². The third-order valence-electron chi connectivity index (χ3n) is 4.30. The van der Waals surface area contributed by atoms with E-state index in [1.807, 2.05) is 0 Å². The Bertz CT molecular complexity index is 418. The molecule has 2 rings (SSSR count). The van der Waals surface area contributed by atoms with Gasteiger partial charge in [0, 0.05) is 19.1 Å². The Labute approximate surface area is 124 Å². The summed E-state index contributed by atoms with van der Waals surface area (Å²) in [6.07, 6.45) is 3.70. The van der Waals surface area contributed by atoms with Crippen LogP contribution < -0.4 is 10.6 Å². The summed E-state index contributed by atoms with van der Waals surface area (Å²) in [7, 11) is 0. The zero-order valence-corrected chi connectivity index (χ0v) is 12.3. The zero-order valence-electron chi connectivity index (χ0n) is 12.3. The average molecular weight is 297 g/mol. The molecule has 118 valence electrons. The van der Waals surface area contributed by atoms with Crippen molar-refractivity contribution >= 4 is 17.9 Å². The monoisotopic (exact) mass is 297 g/mol. The summed E-state index contributed by atoms with van der Waals surface area (Å²) in [6.45, 7) is 2.92. The number of aliphatic carboxylic acids is 1. The summed E-state index contributed by atoms with van der Waals surface area (Å²) in [5.74, 6) is -0.781. The van der Waals surface area contributed by atoms with Gasteiger partial charge < -0.3 is 20.6 Å². The van der Waals surface area contributed by atoms with Crippen LogP contribution in [0.1, 0.15) is 39.0 Å². The quantitative estimate of drug-likeness (QED) is 0.708. The van der Waals surface area contributed by atoms with Crippen LogP contribution >= 0.6 is 0 Å². The molecule has 1 atom stereocenters. The standard InChI is InChI=1S/C14H23N3O4/c1-9-2-4-10(5-3-9)16-14(21)17-7-6-15-13(20)11(17)8-12(18)19/h9-11H,2-8H2,1H3,(H,15,20)(H,16,21)(H,18,19). The van der Waals surface area contributed by atoms with Crippen LogP contribution in [-0.2, 0) is 9.59 Å². The predicted molar refractivity (Wildman–Crippen MR) is 75.7 cm³/mol. The van der Waals surface area contributed by atoms with Crippen molar-refractivity contribution in [2.45, 2.75) is 51.1 Å². The van der Waals surface area contributed by atoms with E-state index in [-0.39, 0.29) is 18.5 Å². The number of carbonyl (C=O) groups is 3. The van der Waals surface area contributed by atoms with Gasteiger partial charge in [-0.15, -0.1) is 0 Å². The highest BCUT2D eigenvalue weighted by Gasteiger charge is 2.35. The summed E-state index contributed by atoms with van der Waals surface area (Å²) in [5, 5.41) is 14.5. The van der Waals surface area contributed by atoms with E-state index in [1.54, 1.807) is 0 Å². The van der Waals surface area contributed by atoms with E-state index < -0.39 is 17.9 Å². The molecular weight excluding hydrogens is 274 g/mol. The van der Waals surface area contributed by atoms with Gasteiger partial charge in [-0.2, -0.15) is 0 Å². The van der Waals surface area contributed by atoms with Gasteiger partial charge in [-0.05, 0) is 31.6 Å². The van der Waals surface area contributed by atoms with Gasteiger partial charge in [-0.1, -0.05) is 6.92 Å². The van der Waals surface area contributed by atoms with Gasteiger partial charge in [-0.25, -0.2) is 4.79 Å². The Morgan fingerprint density at radius 2 is 2.00 bits per heavy atom. The molecule has 1 unspecified atom stereocenters. The fourth-order valence-electron chi connectivity index (χ4n) is 2.99. The minimum atomic E-state index is -1.08. The molecule has 1 saturated carbocycles. The van der Waals surface area contributed by atoms with Crippen molar-refractivity contribution in [3.05, 3.63) is 0 Å². The molecule has 1 aliphatic heterocycles. The van der Waals surface area contributed by atoms with E-state index in [2.05, 4.69) is 17.6 Å². The van der Waals surface area contributed by atoms with Crippen LogP contribution in [0.4, 0.5) is 4.79 Å². The van der Waals surface area contributed by atoms with Gasteiger partial charge in [0.15, 0.2) is 0 Å². The average Bonchev–Trinajstić information content (AvgIpc) is 2.43. The van der Waals surface area contributed by atoms with Crippen molar-refractivity contribution in [3.8, 4) is 0 Å². The molecule has 2 fully saturated rings. The molecule has 1 aliphatic carbocycles. The van der Waals surface area contributed by atoms with Crippen molar-refractivity contribution in [1.29, 1.82) is 0 Å². The molecule has 1 heterocycles. The third kappa shape index (κ3) is 4.09. The number of carboxylic acid groups (broad SMARTS) is 1. The number of amides is 3. The highest BCUT2D eigenvalue weighted by atomic mass is 16.4. The van der Waals surface area contributed by atoms with Crippen molar-refractivity contribution in [3.63, 3.8) is 0 Å². The summed E-state index contributed by atoms with van der Waals surface area (Å²) < 4.78 is 0. The summed E-state index contributed by atoms with van der Waals surface area (Å²) in [6, 6.07) is -1.11. The Morgan fingerprint density at radius 3 is 2.62 bits per heavy atom. The molecule has 2 aliphatic rings. The van der Waals surface area contributed by atoms with Crippen LogP contribution in [-0.4, -0.2) is 53.1 Å². The van der Waals surface area contributed by atoms with Gasteiger partial charge in [-0.3, -0.25) is 9.59 Å². The Hall–Kier alpha value is -1.79. The van der Waals surface area contributed by atoms with Crippen molar-refractivity contribution < 1.29 is 19.5 Å². The molecule has 0 aromatic carbocycles. The molecule has 7 nitrogen and oxygen atoms in total. The lowest BCUT2D eigenvalue weighted by Crippen LogP contribution is -2.61. The highest BCUT2D eigenvalue weighted by molar-refractivity contribution is 5.91. The number of carbonyl (C=O) groups excluding carboxylic acids is 2. The normalized spacial score (nSPS) is 29.7. The highest BCUT2D eigenvalue weighted by Crippen LogP contribution is 2.23. The fourth-order valence-corrected chi connectivity index (χ4v) is 2.99. The van der Waals surface area contributed by atoms with Crippen LogP contribution in [0.15, 0.2) is 0 Å². The van der Waals surface area contributed by atoms with Crippen molar-refractivity contribution in [1.82, 2.24) is 15.5 Å². The lowest BCUT2D eigenvalue weighted by Gasteiger charge is -2.36. The molecule has 7 heteroatoms. The first-order chi connectivity index (χ1) is 9.97. The molecule has 0 spiro atoms. The lowest BCUT2D eigenvalue weighted by atomic mass is 9.87. The number of carboxylic acids is 1. The number of hydrogen-bond donors (Lipinski definition) is 3. The fraction of sp³-hybridized carbons (Fsp3) is 0.786. The van der Waals surface area contributed by atoms with Gasteiger partial charge in [0.2, 0.25) is 5.91 Å². The first-order valence-electron chi connectivity index (χ1n) is 7.54. The number of nitrogens with zero attached hydrogens (tertiary/aromatic N) is 1. The van der Waals surface area contributed by atoms with Gasteiger partial charge in [0.1, 0.15) is 6.04 Å². The summed E-state index contributed by atoms with van der Waals surface area (Å²) >= 11 is 0. The SMILES string of the molecule is CC1CCC(NC(=O)N2CCNC(=O)C2CC(=O)O)CC1. The molecular formula is C14H23N3O4. The van der Waals surface area contributed by atoms with E-state index in [0.29, 0.717) is 19.0 Å². The van der Waals surface area contributed by atoms with Crippen LogP contribution in [0, 0.1) is 5.92 Å². The van der Waals surface area contributed by atoms with Gasteiger partial charge >= 0.3 is 12.0 Å². The van der Waals surface area contributed by atoms with E-state index in [9.17, 15) is 14.4 Å². The molecule has 1 saturated heterocycles. The number of hydrogen-bond acceptors (Lipinski definition) is 3. The Kier molecular flexibility index (Phi) is 5.03. The second-order valence-electron chi connectivity index (χ2n) is 6.00. The smallest absolute Gasteiger partial charge is 0.318 e. The topological polar surface area (TPSA) is 98.7 Å². The van der Waals surface area contributed by atoms with E-state index in [4.69, 9.17) is 5.11 Å². The lowest BCUT2D eigenvalue weighted by molar-refractivity contribution is -0.142. The van der Waals surface area contributed by atoms with Gasteiger partial charge in [0.05, 0.1) is 6.42 Å². The maximum Gasteiger partial charge on any atom is 0.318 e. The van der Waals surface area contributed by atoms with Crippen LogP contribution in [0.5, 0.6) is 0 Å². The van der Waals surface area contributed by atoms with Crippen LogP contribution in [0.25, 0.3) is 0 Å². The van der Waals surface area contributed by atoms with Gasteiger partial charge in [0.25, 0.3) is 0 Å². The molecule has 3 amide bonds. The minimum Gasteiger partial charge on any atom is -0.481 e.